The fourth-order valence-corrected chi connectivity index (χ4v) is 4.06. The van der Waals surface area contributed by atoms with E-state index in [0.29, 0.717) is 16.3 Å². The van der Waals surface area contributed by atoms with Gasteiger partial charge in [-0.05, 0) is 65.6 Å². The Morgan fingerprint density at radius 2 is 1.78 bits per heavy atom. The van der Waals surface area contributed by atoms with Crippen LogP contribution in [0, 0.1) is 6.92 Å². The number of ketones is 1. The third-order valence-corrected chi connectivity index (χ3v) is 5.47. The highest BCUT2D eigenvalue weighted by Crippen LogP contribution is 2.42. The molecule has 130 valence electrons. The average molecular weight is 370 g/mol. The predicted octanol–water partition coefficient (Wildman–Crippen LogP) is 6.00. The predicted molar refractivity (Wildman–Crippen MR) is 110 cm³/mol. The van der Waals surface area contributed by atoms with E-state index in [1.807, 2.05) is 18.2 Å². The van der Waals surface area contributed by atoms with E-state index in [4.69, 9.17) is 16.6 Å². The summed E-state index contributed by atoms with van der Waals surface area (Å²) in [6.45, 7) is 2.08. The minimum atomic E-state index is -0.0572. The van der Waals surface area contributed by atoms with Gasteiger partial charge in [-0.15, -0.1) is 0 Å². The van der Waals surface area contributed by atoms with Crippen LogP contribution in [0.15, 0.2) is 66.7 Å². The van der Waals surface area contributed by atoms with Gasteiger partial charge in [0.1, 0.15) is 5.69 Å². The van der Waals surface area contributed by atoms with Crippen LogP contribution in [0.2, 0.25) is 5.02 Å². The van der Waals surface area contributed by atoms with Crippen molar-refractivity contribution in [3.63, 3.8) is 0 Å². The fraction of sp³-hybridized carbons (Fsp3) is 0.0833. The van der Waals surface area contributed by atoms with Crippen molar-refractivity contribution in [2.45, 2.75) is 13.3 Å². The van der Waals surface area contributed by atoms with E-state index >= 15 is 0 Å². The Kier molecular flexibility index (Phi) is 3.63. The summed E-state index contributed by atoms with van der Waals surface area (Å²) in [5.74, 6) is -0.0572. The molecule has 1 heterocycles. The summed E-state index contributed by atoms with van der Waals surface area (Å²) < 4.78 is 0. The molecular weight excluding hydrogens is 354 g/mol. The maximum atomic E-state index is 13.3. The van der Waals surface area contributed by atoms with Gasteiger partial charge < -0.3 is 0 Å². The molecule has 0 bridgehead atoms. The van der Waals surface area contributed by atoms with E-state index in [-0.39, 0.29) is 5.78 Å². The van der Waals surface area contributed by atoms with Crippen LogP contribution >= 0.6 is 11.6 Å². The summed E-state index contributed by atoms with van der Waals surface area (Å²) in [6, 6.07) is 21.6. The molecule has 2 nitrogen and oxygen atoms in total. The highest BCUT2D eigenvalue weighted by molar-refractivity contribution is 6.30. The Balaban J connectivity index is 1.80. The van der Waals surface area contributed by atoms with Gasteiger partial charge in [-0.25, -0.2) is 4.98 Å². The molecular formula is C24H16ClNO. The van der Waals surface area contributed by atoms with Crippen molar-refractivity contribution in [1.29, 1.82) is 0 Å². The van der Waals surface area contributed by atoms with Gasteiger partial charge in [-0.3, -0.25) is 4.79 Å². The molecule has 0 atom stereocenters. The highest BCUT2D eigenvalue weighted by Gasteiger charge is 2.28. The molecule has 0 fully saturated rings. The number of rotatable bonds is 2. The third-order valence-electron chi connectivity index (χ3n) is 5.22. The Morgan fingerprint density at radius 1 is 1.00 bits per heavy atom. The summed E-state index contributed by atoms with van der Waals surface area (Å²) in [7, 11) is 0. The zero-order valence-electron chi connectivity index (χ0n) is 14.8. The summed E-state index contributed by atoms with van der Waals surface area (Å²) in [5.41, 5.74) is 7.81. The molecule has 0 spiro atoms. The van der Waals surface area contributed by atoms with Gasteiger partial charge in [-0.1, -0.05) is 47.5 Å². The Labute approximate surface area is 162 Å². The largest absolute Gasteiger partial charge is 0.287 e. The van der Waals surface area contributed by atoms with E-state index in [9.17, 15) is 4.79 Å². The van der Waals surface area contributed by atoms with Crippen LogP contribution in [0.25, 0.3) is 22.0 Å². The first-order valence-electron chi connectivity index (χ1n) is 8.93. The lowest BCUT2D eigenvalue weighted by molar-refractivity contribution is 0.103. The van der Waals surface area contributed by atoms with Crippen molar-refractivity contribution in [3.05, 3.63) is 99.7 Å². The van der Waals surface area contributed by atoms with E-state index in [1.54, 1.807) is 24.3 Å². The molecule has 3 heteroatoms. The maximum absolute atomic E-state index is 13.3. The van der Waals surface area contributed by atoms with Crippen molar-refractivity contribution in [2.24, 2.45) is 0 Å². The van der Waals surface area contributed by atoms with Gasteiger partial charge >= 0.3 is 0 Å². The number of carbonyl (C=O) groups excluding carboxylic acids is 1. The molecule has 1 aliphatic carbocycles. The number of aromatic nitrogens is 1. The topological polar surface area (TPSA) is 30.0 Å². The molecule has 4 aromatic rings. The first-order chi connectivity index (χ1) is 13.1. The third kappa shape index (κ3) is 2.56. The summed E-state index contributed by atoms with van der Waals surface area (Å²) in [5, 5.41) is 1.73. The van der Waals surface area contributed by atoms with Gasteiger partial charge in [0.2, 0.25) is 5.78 Å². The maximum Gasteiger partial charge on any atom is 0.211 e. The first kappa shape index (κ1) is 16.2. The van der Waals surface area contributed by atoms with E-state index in [0.717, 1.165) is 28.5 Å². The number of fused-ring (bicyclic) bond motifs is 5. The van der Waals surface area contributed by atoms with Gasteiger partial charge in [0.25, 0.3) is 0 Å². The number of aryl methyl sites for hydroxylation is 1. The average Bonchev–Trinajstić information content (AvgIpc) is 3.07. The Hall–Kier alpha value is -2.97. The van der Waals surface area contributed by atoms with Crippen molar-refractivity contribution in [1.82, 2.24) is 4.98 Å². The van der Waals surface area contributed by atoms with Crippen molar-refractivity contribution in [3.8, 4) is 11.1 Å². The standard InChI is InChI=1S/C24H16ClNO/c1-14-6-11-21-19(12-14)22-18-5-3-2-4-16(18)13-20(22)23(26-21)24(27)15-7-9-17(25)10-8-15/h2-12H,13H2,1H3. The number of carbonyl (C=O) groups is 1. The molecule has 0 saturated heterocycles. The van der Waals surface area contributed by atoms with Crippen LogP contribution < -0.4 is 0 Å². The minimum absolute atomic E-state index is 0.0572. The molecule has 3 aromatic carbocycles. The second kappa shape index (κ2) is 6.04. The highest BCUT2D eigenvalue weighted by atomic mass is 35.5. The van der Waals surface area contributed by atoms with E-state index in [2.05, 4.69) is 31.2 Å². The van der Waals surface area contributed by atoms with Crippen LogP contribution in [0.3, 0.4) is 0 Å². The minimum Gasteiger partial charge on any atom is -0.287 e. The smallest absolute Gasteiger partial charge is 0.211 e. The van der Waals surface area contributed by atoms with E-state index in [1.165, 1.54) is 16.7 Å². The molecule has 0 amide bonds. The van der Waals surface area contributed by atoms with Gasteiger partial charge in [0, 0.05) is 22.4 Å². The second-order valence-electron chi connectivity index (χ2n) is 7.00. The molecule has 1 aliphatic rings. The summed E-state index contributed by atoms with van der Waals surface area (Å²) in [4.78, 5) is 18.1. The van der Waals surface area contributed by atoms with Crippen LogP contribution in [0.5, 0.6) is 0 Å². The molecule has 27 heavy (non-hydrogen) atoms. The van der Waals surface area contributed by atoms with Gasteiger partial charge in [0.15, 0.2) is 0 Å². The zero-order chi connectivity index (χ0) is 18.5. The number of hydrogen-bond acceptors (Lipinski definition) is 2. The summed E-state index contributed by atoms with van der Waals surface area (Å²) >= 11 is 5.98. The molecule has 5 rings (SSSR count). The van der Waals surface area contributed by atoms with Crippen molar-refractivity contribution in [2.75, 3.05) is 0 Å². The normalized spacial score (nSPS) is 12.1. The quantitative estimate of drug-likeness (QED) is 0.357. The Bertz CT molecular complexity index is 1230. The lowest BCUT2D eigenvalue weighted by Crippen LogP contribution is -2.09. The molecule has 0 aliphatic heterocycles. The van der Waals surface area contributed by atoms with Crippen molar-refractivity contribution < 1.29 is 4.79 Å². The van der Waals surface area contributed by atoms with Crippen LogP contribution in [0.1, 0.15) is 32.7 Å². The lowest BCUT2D eigenvalue weighted by Gasteiger charge is -2.12. The molecule has 0 N–H and O–H groups in total. The molecule has 0 saturated carbocycles. The molecule has 1 aromatic heterocycles. The zero-order valence-corrected chi connectivity index (χ0v) is 15.5. The Morgan fingerprint density at radius 3 is 2.59 bits per heavy atom. The van der Waals surface area contributed by atoms with Crippen LogP contribution in [-0.4, -0.2) is 10.8 Å². The number of hydrogen-bond donors (Lipinski definition) is 0. The SMILES string of the molecule is Cc1ccc2nc(C(=O)c3ccc(Cl)cc3)c3c(c2c1)-c1ccccc1C3. The van der Waals surface area contributed by atoms with Gasteiger partial charge in [0.05, 0.1) is 5.52 Å². The first-order valence-corrected chi connectivity index (χ1v) is 9.31. The number of pyridine rings is 1. The lowest BCUT2D eigenvalue weighted by atomic mass is 9.95. The monoisotopic (exact) mass is 369 g/mol. The number of benzene rings is 3. The van der Waals surface area contributed by atoms with Gasteiger partial charge in [-0.2, -0.15) is 0 Å². The second-order valence-corrected chi connectivity index (χ2v) is 7.44. The van der Waals surface area contributed by atoms with Crippen LogP contribution in [0.4, 0.5) is 0 Å². The number of halogens is 1. The fourth-order valence-electron chi connectivity index (χ4n) is 3.93. The van der Waals surface area contributed by atoms with Crippen molar-refractivity contribution >= 4 is 28.3 Å². The van der Waals surface area contributed by atoms with Crippen LogP contribution in [-0.2, 0) is 6.42 Å². The van der Waals surface area contributed by atoms with E-state index < -0.39 is 0 Å². The number of nitrogens with zero attached hydrogens (tertiary/aromatic N) is 1. The molecule has 0 radical (unpaired) electrons. The molecule has 0 unspecified atom stereocenters. The summed E-state index contributed by atoms with van der Waals surface area (Å²) in [6.07, 6.45) is 0.733.